The number of H-pyrrole nitrogens is 1. The minimum Gasteiger partial charge on any atom is -0.396 e. The number of nitrogens with zero attached hydrogens (tertiary/aromatic N) is 3. The summed E-state index contributed by atoms with van der Waals surface area (Å²) in [5.41, 5.74) is 2.89. The Bertz CT molecular complexity index is 607. The lowest BCUT2D eigenvalue weighted by atomic mass is 9.96. The van der Waals surface area contributed by atoms with Gasteiger partial charge in [-0.15, -0.1) is 0 Å². The highest BCUT2D eigenvalue weighted by Gasteiger charge is 2.38. The molecule has 3 aliphatic rings. The van der Waals surface area contributed by atoms with Gasteiger partial charge < -0.3 is 14.9 Å². The van der Waals surface area contributed by atoms with Crippen LogP contribution in [0, 0.1) is 11.8 Å². The summed E-state index contributed by atoms with van der Waals surface area (Å²) in [6.07, 6.45) is 8.30. The quantitative estimate of drug-likeness (QED) is 0.866. The maximum atomic E-state index is 13.0. The number of carbonyl (C=O) groups is 1. The number of hydrogen-bond acceptors (Lipinski definition) is 4. The molecule has 0 unspecified atom stereocenters. The van der Waals surface area contributed by atoms with Crippen molar-refractivity contribution in [2.45, 2.75) is 44.9 Å². The lowest BCUT2D eigenvalue weighted by Gasteiger charge is -2.26. The average Bonchev–Trinajstić information content (AvgIpc) is 3.27. The van der Waals surface area contributed by atoms with Crippen LogP contribution in [0.1, 0.15) is 53.8 Å². The molecule has 2 saturated heterocycles. The fourth-order valence-corrected chi connectivity index (χ4v) is 4.81. The number of carbonyl (C=O) groups excluding carboxylic acids is 1. The van der Waals surface area contributed by atoms with Gasteiger partial charge in [0.25, 0.3) is 5.91 Å². The third-order valence-corrected chi connectivity index (χ3v) is 6.30. The molecule has 6 nitrogen and oxygen atoms in total. The van der Waals surface area contributed by atoms with Gasteiger partial charge in [0.2, 0.25) is 0 Å². The van der Waals surface area contributed by atoms with Crippen LogP contribution in [0.25, 0.3) is 0 Å². The van der Waals surface area contributed by atoms with E-state index < -0.39 is 0 Å². The van der Waals surface area contributed by atoms with Crippen molar-refractivity contribution in [2.24, 2.45) is 11.8 Å². The monoisotopic (exact) mass is 346 g/mol. The summed E-state index contributed by atoms with van der Waals surface area (Å²) in [6.45, 7) is 4.91. The summed E-state index contributed by atoms with van der Waals surface area (Å²) in [7, 11) is 0. The first-order valence-corrected chi connectivity index (χ1v) is 9.95. The van der Waals surface area contributed by atoms with E-state index in [0.717, 1.165) is 56.7 Å². The first kappa shape index (κ1) is 17.0. The smallest absolute Gasteiger partial charge is 0.274 e. The summed E-state index contributed by atoms with van der Waals surface area (Å²) in [5.74, 6) is 0.620. The second kappa shape index (κ2) is 7.46. The Hall–Kier alpha value is -1.40. The highest BCUT2D eigenvalue weighted by atomic mass is 16.3. The third-order valence-electron chi connectivity index (χ3n) is 6.30. The van der Waals surface area contributed by atoms with Gasteiger partial charge >= 0.3 is 0 Å². The van der Waals surface area contributed by atoms with Crippen molar-refractivity contribution in [1.82, 2.24) is 20.0 Å². The first-order valence-electron chi connectivity index (χ1n) is 9.95. The zero-order valence-electron chi connectivity index (χ0n) is 15.0. The Morgan fingerprint density at radius 3 is 2.60 bits per heavy atom. The van der Waals surface area contributed by atoms with Crippen LogP contribution >= 0.6 is 0 Å². The van der Waals surface area contributed by atoms with Crippen molar-refractivity contribution in [3.8, 4) is 0 Å². The van der Waals surface area contributed by atoms with Gasteiger partial charge in [-0.25, -0.2) is 0 Å². The molecule has 1 aromatic heterocycles. The number of aliphatic hydroxyl groups is 1. The van der Waals surface area contributed by atoms with E-state index >= 15 is 0 Å². The minimum atomic E-state index is 0.0521. The fraction of sp³-hybridized carbons (Fsp3) is 0.789. The van der Waals surface area contributed by atoms with Crippen LogP contribution in [0.5, 0.6) is 0 Å². The number of likely N-dealkylation sites (tertiary alicyclic amines) is 2. The van der Waals surface area contributed by atoms with Crippen molar-refractivity contribution >= 4 is 5.91 Å². The number of aryl methyl sites for hydroxylation is 1. The van der Waals surface area contributed by atoms with E-state index in [2.05, 4.69) is 15.1 Å². The molecule has 2 atom stereocenters. The summed E-state index contributed by atoms with van der Waals surface area (Å²) in [5, 5.41) is 17.2. The van der Waals surface area contributed by atoms with E-state index in [9.17, 15) is 9.90 Å². The molecule has 138 valence electrons. The molecule has 1 amide bonds. The molecule has 1 aliphatic carbocycles. The molecule has 0 bridgehead atoms. The van der Waals surface area contributed by atoms with Crippen LogP contribution in [0.3, 0.4) is 0 Å². The molecule has 0 radical (unpaired) electrons. The number of rotatable bonds is 4. The highest BCUT2D eigenvalue weighted by Crippen LogP contribution is 2.29. The lowest BCUT2D eigenvalue weighted by molar-refractivity contribution is 0.0772. The van der Waals surface area contributed by atoms with E-state index in [1.165, 1.54) is 25.7 Å². The summed E-state index contributed by atoms with van der Waals surface area (Å²) < 4.78 is 0. The fourth-order valence-electron chi connectivity index (χ4n) is 4.81. The summed E-state index contributed by atoms with van der Waals surface area (Å²) in [4.78, 5) is 17.4. The zero-order chi connectivity index (χ0) is 17.2. The predicted molar refractivity (Wildman–Crippen MR) is 95.5 cm³/mol. The number of fused-ring (bicyclic) bond motifs is 1. The maximum Gasteiger partial charge on any atom is 0.274 e. The topological polar surface area (TPSA) is 72.5 Å². The van der Waals surface area contributed by atoms with Crippen molar-refractivity contribution in [2.75, 3.05) is 39.3 Å². The summed E-state index contributed by atoms with van der Waals surface area (Å²) >= 11 is 0. The minimum absolute atomic E-state index is 0.0521. The predicted octanol–water partition coefficient (Wildman–Crippen LogP) is 1.45. The van der Waals surface area contributed by atoms with Crippen LogP contribution in [-0.4, -0.2) is 70.3 Å². The zero-order valence-corrected chi connectivity index (χ0v) is 15.0. The summed E-state index contributed by atoms with van der Waals surface area (Å²) in [6, 6.07) is 0. The van der Waals surface area contributed by atoms with Crippen molar-refractivity contribution < 1.29 is 9.90 Å². The molecule has 0 saturated carbocycles. The largest absolute Gasteiger partial charge is 0.396 e. The standard InChI is InChI=1S/C19H30N4O2/c24-13-15-12-23(11-14(15)10-22-8-3-1-2-4-9-22)19(25)18-16-6-5-7-17(16)20-21-18/h14-15,24H,1-13H2,(H,20,21)/t14-,15-/m0/s1. The first-order chi connectivity index (χ1) is 12.3. The van der Waals surface area contributed by atoms with Crippen LogP contribution in [-0.2, 0) is 12.8 Å². The Morgan fingerprint density at radius 2 is 1.84 bits per heavy atom. The number of aromatic amines is 1. The van der Waals surface area contributed by atoms with Crippen molar-refractivity contribution in [3.05, 3.63) is 17.0 Å². The highest BCUT2D eigenvalue weighted by molar-refractivity contribution is 5.94. The van der Waals surface area contributed by atoms with E-state index in [-0.39, 0.29) is 18.4 Å². The van der Waals surface area contributed by atoms with Gasteiger partial charge in [0.1, 0.15) is 0 Å². The Balaban J connectivity index is 1.42. The van der Waals surface area contributed by atoms with E-state index in [1.54, 1.807) is 0 Å². The van der Waals surface area contributed by atoms with Crippen molar-refractivity contribution in [1.29, 1.82) is 0 Å². The van der Waals surface area contributed by atoms with Gasteiger partial charge in [0, 0.05) is 43.4 Å². The molecule has 1 aromatic rings. The average molecular weight is 346 g/mol. The molecule has 0 spiro atoms. The molecule has 4 rings (SSSR count). The maximum absolute atomic E-state index is 13.0. The van der Waals surface area contributed by atoms with Gasteiger partial charge in [-0.05, 0) is 51.1 Å². The normalized spacial score (nSPS) is 27.5. The van der Waals surface area contributed by atoms with Crippen molar-refractivity contribution in [3.63, 3.8) is 0 Å². The van der Waals surface area contributed by atoms with Gasteiger partial charge in [-0.2, -0.15) is 5.10 Å². The van der Waals surface area contributed by atoms with Crippen LogP contribution in [0.4, 0.5) is 0 Å². The second-order valence-corrected chi connectivity index (χ2v) is 8.01. The van der Waals surface area contributed by atoms with Crippen LogP contribution in [0.2, 0.25) is 0 Å². The Morgan fingerprint density at radius 1 is 1.08 bits per heavy atom. The van der Waals surface area contributed by atoms with Gasteiger partial charge in [-0.1, -0.05) is 12.8 Å². The number of nitrogens with one attached hydrogen (secondary N) is 1. The van der Waals surface area contributed by atoms with Gasteiger partial charge in [0.05, 0.1) is 0 Å². The molecule has 25 heavy (non-hydrogen) atoms. The van der Waals surface area contributed by atoms with Gasteiger partial charge in [-0.3, -0.25) is 9.89 Å². The molecule has 3 heterocycles. The van der Waals surface area contributed by atoms with E-state index in [4.69, 9.17) is 0 Å². The Kier molecular flexibility index (Phi) is 5.08. The number of amides is 1. The molecular weight excluding hydrogens is 316 g/mol. The lowest BCUT2D eigenvalue weighted by Crippen LogP contribution is -2.35. The van der Waals surface area contributed by atoms with E-state index in [1.807, 2.05) is 4.90 Å². The second-order valence-electron chi connectivity index (χ2n) is 8.01. The number of aromatic nitrogens is 2. The molecule has 2 aliphatic heterocycles. The molecule has 2 fully saturated rings. The molecular formula is C19H30N4O2. The van der Waals surface area contributed by atoms with Crippen LogP contribution in [0.15, 0.2) is 0 Å². The molecule has 6 heteroatoms. The number of aliphatic hydroxyl groups excluding tert-OH is 1. The SMILES string of the molecule is O=C(c1n[nH]c2c1CCC2)N1C[C@@H](CO)[C@@H](CN2CCCCCC2)C1. The molecule has 2 N–H and O–H groups in total. The molecule has 0 aromatic carbocycles. The third kappa shape index (κ3) is 3.47. The van der Waals surface area contributed by atoms with Gasteiger partial charge in [0.15, 0.2) is 5.69 Å². The van der Waals surface area contributed by atoms with E-state index in [0.29, 0.717) is 18.2 Å². The Labute approximate surface area is 149 Å². The number of hydrogen-bond donors (Lipinski definition) is 2. The van der Waals surface area contributed by atoms with Crippen LogP contribution < -0.4 is 0 Å².